The summed E-state index contributed by atoms with van der Waals surface area (Å²) in [5, 5.41) is 21.7. The normalized spacial score (nSPS) is 10.4. The first-order chi connectivity index (χ1) is 12.7. The summed E-state index contributed by atoms with van der Waals surface area (Å²) in [6, 6.07) is 9.58. The predicted octanol–water partition coefficient (Wildman–Crippen LogP) is 3.03. The summed E-state index contributed by atoms with van der Waals surface area (Å²) in [6.07, 6.45) is -0.742. The molecule has 138 valence electrons. The number of hydrazone groups is 1. The molecule has 27 heavy (non-hydrogen) atoms. The summed E-state index contributed by atoms with van der Waals surface area (Å²) in [5.41, 5.74) is 2.24. The molecule has 2 rings (SSSR count). The van der Waals surface area contributed by atoms with Crippen molar-refractivity contribution in [1.29, 1.82) is 10.5 Å². The van der Waals surface area contributed by atoms with Crippen LogP contribution in [-0.2, 0) is 9.47 Å². The zero-order valence-electron chi connectivity index (χ0n) is 15.2. The van der Waals surface area contributed by atoms with Crippen molar-refractivity contribution in [3.63, 3.8) is 0 Å². The number of carbonyl (C=O) groups is 2. The fourth-order valence-corrected chi connectivity index (χ4v) is 2.23. The molecular formula is C18H17N5O4. The zero-order chi connectivity index (χ0) is 20.2. The number of esters is 1. The van der Waals surface area contributed by atoms with Crippen molar-refractivity contribution in [2.45, 2.75) is 26.4 Å². The van der Waals surface area contributed by atoms with Gasteiger partial charge in [-0.3, -0.25) is 5.43 Å². The van der Waals surface area contributed by atoms with E-state index in [-0.39, 0.29) is 11.4 Å². The highest BCUT2D eigenvalue weighted by molar-refractivity contribution is 6.10. The van der Waals surface area contributed by atoms with Crippen LogP contribution in [0.25, 0.3) is 10.9 Å². The first-order valence-electron chi connectivity index (χ1n) is 7.81. The van der Waals surface area contributed by atoms with Crippen molar-refractivity contribution in [1.82, 2.24) is 4.57 Å². The molecule has 0 aliphatic heterocycles. The average Bonchev–Trinajstić information content (AvgIpc) is 2.99. The van der Waals surface area contributed by atoms with Gasteiger partial charge in [0, 0.05) is 5.39 Å². The summed E-state index contributed by atoms with van der Waals surface area (Å²) >= 11 is 0. The number of nitriles is 2. The maximum Gasteiger partial charge on any atom is 0.419 e. The summed E-state index contributed by atoms with van der Waals surface area (Å²) in [7, 11) is 1.21. The van der Waals surface area contributed by atoms with E-state index in [1.807, 2.05) is 0 Å². The van der Waals surface area contributed by atoms with Crippen LogP contribution >= 0.6 is 0 Å². The lowest BCUT2D eigenvalue weighted by molar-refractivity contribution is 0.0490. The number of hydrogen-bond acceptors (Lipinski definition) is 8. The van der Waals surface area contributed by atoms with Gasteiger partial charge >= 0.3 is 12.1 Å². The molecule has 0 bridgehead atoms. The minimum absolute atomic E-state index is 0.0112. The molecule has 0 aliphatic rings. The van der Waals surface area contributed by atoms with E-state index in [4.69, 9.17) is 20.0 Å². The third-order valence-electron chi connectivity index (χ3n) is 3.28. The second kappa shape index (κ2) is 7.58. The molecule has 0 aliphatic carbocycles. The van der Waals surface area contributed by atoms with E-state index in [0.29, 0.717) is 16.6 Å². The van der Waals surface area contributed by atoms with Crippen LogP contribution in [0.3, 0.4) is 0 Å². The molecule has 0 saturated heterocycles. The molecule has 9 heteroatoms. The second-order valence-corrected chi connectivity index (χ2v) is 6.41. The maximum atomic E-state index is 12.6. The van der Waals surface area contributed by atoms with Gasteiger partial charge in [-0.15, -0.1) is 0 Å². The molecule has 0 amide bonds. The van der Waals surface area contributed by atoms with Crippen molar-refractivity contribution in [3.05, 3.63) is 30.0 Å². The smallest absolute Gasteiger partial charge is 0.419 e. The van der Waals surface area contributed by atoms with Crippen LogP contribution in [0.2, 0.25) is 0 Å². The van der Waals surface area contributed by atoms with Crippen molar-refractivity contribution in [2.75, 3.05) is 12.5 Å². The zero-order valence-corrected chi connectivity index (χ0v) is 15.2. The van der Waals surface area contributed by atoms with Crippen molar-refractivity contribution >= 4 is 34.4 Å². The van der Waals surface area contributed by atoms with Gasteiger partial charge in [-0.2, -0.15) is 15.6 Å². The van der Waals surface area contributed by atoms with Gasteiger partial charge in [-0.05, 0) is 39.0 Å². The van der Waals surface area contributed by atoms with E-state index in [9.17, 15) is 9.59 Å². The molecule has 0 spiro atoms. The lowest BCUT2D eigenvalue weighted by atomic mass is 10.2. The highest BCUT2D eigenvalue weighted by Crippen LogP contribution is 2.25. The van der Waals surface area contributed by atoms with Gasteiger partial charge in [-0.1, -0.05) is 6.07 Å². The number of aromatic nitrogens is 1. The minimum atomic E-state index is -0.768. The molecular weight excluding hydrogens is 350 g/mol. The van der Waals surface area contributed by atoms with Crippen molar-refractivity contribution < 1.29 is 19.1 Å². The third-order valence-corrected chi connectivity index (χ3v) is 3.28. The number of fused-ring (bicyclic) bond motifs is 1. The van der Waals surface area contributed by atoms with E-state index in [1.165, 1.54) is 13.2 Å². The van der Waals surface area contributed by atoms with Crippen molar-refractivity contribution in [3.8, 4) is 12.1 Å². The minimum Gasteiger partial charge on any atom is -0.464 e. The molecule has 0 saturated carbocycles. The van der Waals surface area contributed by atoms with E-state index < -0.39 is 17.7 Å². The van der Waals surface area contributed by atoms with Gasteiger partial charge in [0.15, 0.2) is 0 Å². The van der Waals surface area contributed by atoms with Gasteiger partial charge in [0.05, 0.1) is 18.3 Å². The fraction of sp³-hybridized carbons (Fsp3) is 0.278. The highest BCUT2D eigenvalue weighted by Gasteiger charge is 2.25. The molecule has 0 unspecified atom stereocenters. The topological polar surface area (TPSA) is 129 Å². The Kier molecular flexibility index (Phi) is 5.47. The lowest BCUT2D eigenvalue weighted by Crippen LogP contribution is -2.29. The second-order valence-electron chi connectivity index (χ2n) is 6.41. The first-order valence-corrected chi connectivity index (χ1v) is 7.81. The fourth-order valence-electron chi connectivity index (χ4n) is 2.23. The van der Waals surface area contributed by atoms with Crippen LogP contribution in [0.15, 0.2) is 29.4 Å². The van der Waals surface area contributed by atoms with Gasteiger partial charge in [0.25, 0.3) is 0 Å². The standard InChI is InChI=1S/C18H17N5O4/c1-18(2,3)27-17(25)23-14-8-12(21-22-13(9-19)10-20)6-5-11(14)7-15(23)16(24)26-4/h5-8,21H,1-4H3. The molecule has 0 atom stereocenters. The van der Waals surface area contributed by atoms with Gasteiger partial charge in [0.1, 0.15) is 23.4 Å². The SMILES string of the molecule is COC(=O)c1cc2ccc(NN=C(C#N)C#N)cc2n1C(=O)OC(C)(C)C. The quantitative estimate of drug-likeness (QED) is 0.501. The number of nitrogens with one attached hydrogen (secondary N) is 1. The van der Waals surface area contributed by atoms with Gasteiger partial charge < -0.3 is 9.47 Å². The Morgan fingerprint density at radius 3 is 2.41 bits per heavy atom. The van der Waals surface area contributed by atoms with E-state index >= 15 is 0 Å². The number of carbonyl (C=O) groups excluding carboxylic acids is 2. The lowest BCUT2D eigenvalue weighted by Gasteiger charge is -2.20. The number of benzene rings is 1. The van der Waals surface area contributed by atoms with Crippen LogP contribution in [0.4, 0.5) is 10.5 Å². The molecule has 1 aromatic carbocycles. The third kappa shape index (κ3) is 4.41. The Labute approximate surface area is 155 Å². The number of ether oxygens (including phenoxy) is 2. The Hall–Kier alpha value is -3.85. The van der Waals surface area contributed by atoms with E-state index in [1.54, 1.807) is 51.1 Å². The summed E-state index contributed by atoms with van der Waals surface area (Å²) < 4.78 is 11.2. The average molecular weight is 367 g/mol. The van der Waals surface area contributed by atoms with Crippen LogP contribution in [0.5, 0.6) is 0 Å². The number of hydrogen-bond donors (Lipinski definition) is 1. The largest absolute Gasteiger partial charge is 0.464 e. The number of nitrogens with zero attached hydrogens (tertiary/aromatic N) is 4. The molecule has 2 aromatic rings. The van der Waals surface area contributed by atoms with Crippen LogP contribution in [-0.4, -0.2) is 35.1 Å². The van der Waals surface area contributed by atoms with Crippen LogP contribution in [0.1, 0.15) is 31.3 Å². The van der Waals surface area contributed by atoms with Crippen LogP contribution in [0, 0.1) is 22.7 Å². The molecule has 1 N–H and O–H groups in total. The molecule has 0 fully saturated rings. The van der Waals surface area contributed by atoms with Gasteiger partial charge in [-0.25, -0.2) is 14.2 Å². The Morgan fingerprint density at radius 1 is 1.19 bits per heavy atom. The maximum absolute atomic E-state index is 12.6. The molecule has 1 aromatic heterocycles. The monoisotopic (exact) mass is 367 g/mol. The Balaban J connectivity index is 2.58. The predicted molar refractivity (Wildman–Crippen MR) is 97.2 cm³/mol. The Morgan fingerprint density at radius 2 is 1.85 bits per heavy atom. The first kappa shape index (κ1) is 19.5. The number of methoxy groups -OCH3 is 1. The molecule has 9 nitrogen and oxygen atoms in total. The van der Waals surface area contributed by atoms with Crippen LogP contribution < -0.4 is 5.43 Å². The highest BCUT2D eigenvalue weighted by atomic mass is 16.6. The van der Waals surface area contributed by atoms with Crippen molar-refractivity contribution in [2.24, 2.45) is 5.10 Å². The van der Waals surface area contributed by atoms with E-state index in [2.05, 4.69) is 10.5 Å². The summed E-state index contributed by atoms with van der Waals surface area (Å²) in [5.74, 6) is -0.694. The number of rotatable bonds is 3. The molecule has 0 radical (unpaired) electrons. The summed E-state index contributed by atoms with van der Waals surface area (Å²) in [6.45, 7) is 5.13. The van der Waals surface area contributed by atoms with Gasteiger partial charge in [0.2, 0.25) is 5.71 Å². The van der Waals surface area contributed by atoms with E-state index in [0.717, 1.165) is 4.57 Å². The molecule has 1 heterocycles. The number of anilines is 1. The summed E-state index contributed by atoms with van der Waals surface area (Å²) in [4.78, 5) is 24.7. The Bertz CT molecular complexity index is 999.